The first-order valence-corrected chi connectivity index (χ1v) is 13.0. The molecule has 1 aliphatic carbocycles. The van der Waals surface area contributed by atoms with Crippen LogP contribution in [0.2, 0.25) is 0 Å². The van der Waals surface area contributed by atoms with Crippen LogP contribution in [-0.4, -0.2) is 34.7 Å². The van der Waals surface area contributed by atoms with E-state index in [9.17, 15) is 14.0 Å². The minimum atomic E-state index is -0.506. The third-order valence-corrected chi connectivity index (χ3v) is 8.02. The lowest BCUT2D eigenvalue weighted by Crippen LogP contribution is -2.37. The van der Waals surface area contributed by atoms with Gasteiger partial charge in [0.1, 0.15) is 11.5 Å². The van der Waals surface area contributed by atoms with Crippen LogP contribution in [0.15, 0.2) is 36.5 Å². The van der Waals surface area contributed by atoms with Gasteiger partial charge in [-0.15, -0.1) is 11.3 Å². The number of fused-ring (bicyclic) bond motifs is 1. The number of likely N-dealkylation sites (tertiary alicyclic amines) is 1. The molecule has 1 saturated carbocycles. The maximum atomic E-state index is 14.8. The van der Waals surface area contributed by atoms with Gasteiger partial charge in [0.2, 0.25) is 0 Å². The number of carbonyl (C=O) groups excluding carboxylic acids is 2. The molecule has 1 saturated heterocycles. The quantitative estimate of drug-likeness (QED) is 0.374. The fourth-order valence-corrected chi connectivity index (χ4v) is 5.63. The molecule has 1 aromatic carbocycles. The molecule has 0 radical (unpaired) electrons. The third-order valence-electron chi connectivity index (χ3n) is 6.90. The number of halogens is 1. The lowest BCUT2D eigenvalue weighted by molar-refractivity contribution is -0.118. The topological polar surface area (TPSA) is 59.5 Å². The molecule has 7 heteroatoms. The fraction of sp³-hybridized carbons (Fsp3) is 0.444. The van der Waals surface area contributed by atoms with Crippen molar-refractivity contribution in [3.05, 3.63) is 52.8 Å². The molecule has 5 rings (SSSR count). The van der Waals surface area contributed by atoms with Crippen LogP contribution >= 0.6 is 11.3 Å². The molecule has 34 heavy (non-hydrogen) atoms. The van der Waals surface area contributed by atoms with E-state index in [1.807, 2.05) is 4.90 Å². The number of hydrogen-bond acceptors (Lipinski definition) is 5. The Morgan fingerprint density at radius 1 is 1.09 bits per heavy atom. The van der Waals surface area contributed by atoms with Crippen LogP contribution in [0.4, 0.5) is 4.39 Å². The molecule has 3 heterocycles. The maximum Gasteiger partial charge on any atom is 0.264 e. The van der Waals surface area contributed by atoms with Gasteiger partial charge < -0.3 is 9.64 Å². The first-order chi connectivity index (χ1) is 16.5. The fourth-order valence-electron chi connectivity index (χ4n) is 4.60. The van der Waals surface area contributed by atoms with Crippen molar-refractivity contribution in [2.24, 2.45) is 11.8 Å². The van der Waals surface area contributed by atoms with Gasteiger partial charge in [0, 0.05) is 38.2 Å². The Balaban J connectivity index is 1.31. The number of benzene rings is 1. The number of ether oxygens (including phenoxy) is 1. The van der Waals surface area contributed by atoms with Gasteiger partial charge in [-0.1, -0.05) is 19.4 Å². The summed E-state index contributed by atoms with van der Waals surface area (Å²) in [6, 6.07) is 8.17. The molecular formula is C27H29FN2O3S. The molecule has 1 aliphatic heterocycles. The van der Waals surface area contributed by atoms with Crippen molar-refractivity contribution in [2.75, 3.05) is 13.1 Å². The average Bonchev–Trinajstić information content (AvgIpc) is 3.54. The monoisotopic (exact) mass is 480 g/mol. The number of nitrogens with zero attached hydrogens (tertiary/aromatic N) is 2. The van der Waals surface area contributed by atoms with Crippen molar-refractivity contribution in [2.45, 2.75) is 51.9 Å². The van der Waals surface area contributed by atoms with Gasteiger partial charge in [-0.25, -0.2) is 4.39 Å². The molecule has 0 spiro atoms. The molecule has 3 aromatic rings. The van der Waals surface area contributed by atoms with Crippen LogP contribution in [0.1, 0.15) is 60.7 Å². The smallest absolute Gasteiger partial charge is 0.264 e. The summed E-state index contributed by atoms with van der Waals surface area (Å²) in [6.45, 7) is 3.76. The van der Waals surface area contributed by atoms with Crippen molar-refractivity contribution in [1.82, 2.24) is 9.88 Å². The van der Waals surface area contributed by atoms with Crippen molar-refractivity contribution in [1.29, 1.82) is 0 Å². The predicted octanol–water partition coefficient (Wildman–Crippen LogP) is 6.40. The summed E-state index contributed by atoms with van der Waals surface area (Å²) in [5.41, 5.74) is 1.32. The van der Waals surface area contributed by atoms with Crippen LogP contribution in [0.5, 0.6) is 11.5 Å². The largest absolute Gasteiger partial charge is 0.453 e. The number of piperidine rings is 1. The summed E-state index contributed by atoms with van der Waals surface area (Å²) < 4.78 is 21.4. The van der Waals surface area contributed by atoms with E-state index in [2.05, 4.69) is 11.9 Å². The van der Waals surface area contributed by atoms with E-state index in [4.69, 9.17) is 4.74 Å². The summed E-state index contributed by atoms with van der Waals surface area (Å²) >= 11 is 1.33. The molecule has 0 unspecified atom stereocenters. The molecule has 1 amide bonds. The molecule has 2 aromatic heterocycles. The van der Waals surface area contributed by atoms with Crippen LogP contribution < -0.4 is 4.74 Å². The van der Waals surface area contributed by atoms with Crippen molar-refractivity contribution < 1.29 is 18.7 Å². The Morgan fingerprint density at radius 2 is 1.88 bits per heavy atom. The number of amides is 1. The van der Waals surface area contributed by atoms with Gasteiger partial charge in [0.15, 0.2) is 11.6 Å². The highest BCUT2D eigenvalue weighted by molar-refractivity contribution is 7.21. The summed E-state index contributed by atoms with van der Waals surface area (Å²) in [7, 11) is 0. The Bertz CT molecular complexity index is 1210. The number of ketones is 1. The van der Waals surface area contributed by atoms with Gasteiger partial charge in [-0.05, 0) is 61.3 Å². The zero-order valence-electron chi connectivity index (χ0n) is 19.4. The summed E-state index contributed by atoms with van der Waals surface area (Å²) in [4.78, 5) is 32.1. The van der Waals surface area contributed by atoms with Crippen molar-refractivity contribution in [3.63, 3.8) is 0 Å². The Labute approximate surface area is 202 Å². The molecular weight excluding hydrogens is 451 g/mol. The lowest BCUT2D eigenvalue weighted by atomic mass is 9.94. The molecule has 0 N–H and O–H groups in total. The SMILES string of the molecule is CCC1CCN(C(=O)c2cc3nccc(Oc4ccc(CC(=O)CC5CC5)cc4F)c3s2)CC1. The van der Waals surface area contributed by atoms with Crippen LogP contribution in [0.25, 0.3) is 10.2 Å². The molecule has 2 fully saturated rings. The number of carbonyl (C=O) groups is 2. The van der Waals surface area contributed by atoms with Crippen LogP contribution in [0, 0.1) is 17.7 Å². The standard InChI is InChI=1S/C27H29FN2O3S/c1-2-17-8-11-30(12-9-17)27(32)25-16-22-26(34-25)24(7-10-29-22)33-23-6-5-19(15-21(23)28)14-20(31)13-18-3-4-18/h5-7,10,15-18H,2-4,8-9,11-14H2,1H3. The first kappa shape index (κ1) is 23.0. The molecule has 5 nitrogen and oxygen atoms in total. The third kappa shape index (κ3) is 5.14. The first-order valence-electron chi connectivity index (χ1n) is 12.2. The second-order valence-corrected chi connectivity index (χ2v) is 10.6. The van der Waals surface area contributed by atoms with E-state index in [1.165, 1.54) is 17.4 Å². The number of hydrogen-bond donors (Lipinski definition) is 0. The van der Waals surface area contributed by atoms with Gasteiger partial charge in [-0.3, -0.25) is 14.6 Å². The number of pyridine rings is 1. The highest BCUT2D eigenvalue weighted by atomic mass is 32.1. The zero-order chi connectivity index (χ0) is 23.7. The molecule has 0 atom stereocenters. The van der Waals surface area contributed by atoms with Gasteiger partial charge >= 0.3 is 0 Å². The number of rotatable bonds is 8. The normalized spacial score (nSPS) is 16.7. The van der Waals surface area contributed by atoms with Crippen LogP contribution in [0.3, 0.4) is 0 Å². The van der Waals surface area contributed by atoms with Gasteiger partial charge in [0.25, 0.3) is 5.91 Å². The predicted molar refractivity (Wildman–Crippen MR) is 131 cm³/mol. The highest BCUT2D eigenvalue weighted by Crippen LogP contribution is 2.37. The molecule has 0 bridgehead atoms. The Hall–Kier alpha value is -2.80. The molecule has 2 aliphatic rings. The Morgan fingerprint density at radius 3 is 2.59 bits per heavy atom. The van der Waals surface area contributed by atoms with Crippen molar-refractivity contribution >= 4 is 33.2 Å². The maximum absolute atomic E-state index is 14.8. The van der Waals surface area contributed by atoms with E-state index in [-0.39, 0.29) is 23.9 Å². The summed E-state index contributed by atoms with van der Waals surface area (Å²) in [5, 5.41) is 0. The highest BCUT2D eigenvalue weighted by Gasteiger charge is 2.26. The van der Waals surface area contributed by atoms with E-state index in [1.54, 1.807) is 30.5 Å². The van der Waals surface area contributed by atoms with E-state index in [0.29, 0.717) is 40.0 Å². The van der Waals surface area contributed by atoms with Crippen molar-refractivity contribution in [3.8, 4) is 11.5 Å². The number of thiophene rings is 1. The lowest BCUT2D eigenvalue weighted by Gasteiger charge is -2.31. The zero-order valence-corrected chi connectivity index (χ0v) is 20.2. The number of aromatic nitrogens is 1. The van der Waals surface area contributed by atoms with E-state index >= 15 is 0 Å². The molecule has 178 valence electrons. The second-order valence-electron chi connectivity index (χ2n) is 9.51. The van der Waals surface area contributed by atoms with Gasteiger partial charge in [0.05, 0.1) is 15.1 Å². The van der Waals surface area contributed by atoms with E-state index < -0.39 is 5.82 Å². The summed E-state index contributed by atoms with van der Waals surface area (Å²) in [6.07, 6.45) is 7.94. The minimum absolute atomic E-state index is 0.0231. The van der Waals surface area contributed by atoms with Crippen LogP contribution in [-0.2, 0) is 11.2 Å². The van der Waals surface area contributed by atoms with E-state index in [0.717, 1.165) is 49.9 Å². The second kappa shape index (κ2) is 9.82. The number of Topliss-reactive ketones (excluding diaryl/α,β-unsaturated/α-hetero) is 1. The Kier molecular flexibility index (Phi) is 6.63. The average molecular weight is 481 g/mol. The minimum Gasteiger partial charge on any atom is -0.453 e. The summed E-state index contributed by atoms with van der Waals surface area (Å²) in [5.74, 6) is 1.46. The van der Waals surface area contributed by atoms with Gasteiger partial charge in [-0.2, -0.15) is 0 Å².